The number of pyridine rings is 1. The van der Waals surface area contributed by atoms with Gasteiger partial charge in [0.2, 0.25) is 0 Å². The standard InChI is InChI=1S/C30H34F3N13O11S/c31-30(32,33)11-1-2-13-12(5-11)18(3-4-38-13)58-10-52-24-15(41-45-36)6-14(40-44-35)21(48)26(24)51-9-19-55-27-25(17(8-47)54-29(27)56-19)57-28-20(42-46-37)23(50)22(49)16(53-28)7-39-43-34/h1-5,14-17,19-29,47-50H,6-10H2/t14-,15+,16+,17-,19?,20-,21+,22-,23-,24-,25-,26-,27-,28-,29+/m1/s1. The normalized spacial score (nSPS) is 35.9. The van der Waals surface area contributed by atoms with Crippen LogP contribution < -0.4 is 0 Å². The molecule has 0 bridgehead atoms. The minimum absolute atomic E-state index is 0.150. The summed E-state index contributed by atoms with van der Waals surface area (Å²) in [6.07, 6.45) is -19.5. The number of hydrogen-bond donors (Lipinski definition) is 4. The van der Waals surface area contributed by atoms with E-state index in [9.17, 15) is 39.1 Å². The molecule has 1 aromatic carbocycles. The fourth-order valence-corrected chi connectivity index (χ4v) is 7.86. The predicted octanol–water partition coefficient (Wildman–Crippen LogP) is 3.48. The zero-order valence-electron chi connectivity index (χ0n) is 29.6. The molecule has 24 nitrogen and oxygen atoms in total. The highest BCUT2D eigenvalue weighted by Gasteiger charge is 2.56. The lowest BCUT2D eigenvalue weighted by atomic mass is 9.84. The second kappa shape index (κ2) is 19.1. The lowest BCUT2D eigenvalue weighted by molar-refractivity contribution is -0.286. The van der Waals surface area contributed by atoms with Gasteiger partial charge < -0.3 is 53.6 Å². The van der Waals surface area contributed by atoms with E-state index in [1.54, 1.807) is 0 Å². The molecule has 2 aromatic rings. The van der Waals surface area contributed by atoms with E-state index >= 15 is 0 Å². The van der Waals surface area contributed by atoms with Crippen molar-refractivity contribution >= 4 is 22.7 Å². The fraction of sp³-hybridized carbons (Fsp3) is 0.700. The average molecular weight is 842 g/mol. The molecule has 15 atom stereocenters. The molecular formula is C30H34F3N13O11S. The summed E-state index contributed by atoms with van der Waals surface area (Å²) in [6.45, 7) is -1.50. The van der Waals surface area contributed by atoms with Crippen molar-refractivity contribution < 1.29 is 66.8 Å². The topological polar surface area (TPSA) is 353 Å². The summed E-state index contributed by atoms with van der Waals surface area (Å²) >= 11 is 1.00. The van der Waals surface area contributed by atoms with Crippen molar-refractivity contribution in [3.05, 3.63) is 77.8 Å². The van der Waals surface area contributed by atoms with E-state index in [1.807, 2.05) is 0 Å². The van der Waals surface area contributed by atoms with Crippen molar-refractivity contribution in [2.75, 3.05) is 25.7 Å². The fourth-order valence-electron chi connectivity index (χ4n) is 7.03. The number of fused-ring (bicyclic) bond motifs is 2. The molecule has 3 saturated heterocycles. The molecule has 58 heavy (non-hydrogen) atoms. The van der Waals surface area contributed by atoms with Crippen LogP contribution in [-0.4, -0.2) is 143 Å². The number of rotatable bonds is 15. The molecule has 1 aromatic heterocycles. The quantitative estimate of drug-likeness (QED) is 0.0657. The van der Waals surface area contributed by atoms with E-state index in [4.69, 9.17) is 49.8 Å². The Bertz CT molecular complexity index is 1970. The summed E-state index contributed by atoms with van der Waals surface area (Å²) in [5.74, 6) is -0.234. The van der Waals surface area contributed by atoms with E-state index in [2.05, 4.69) is 45.1 Å². The number of halogens is 3. The molecule has 1 saturated carbocycles. The zero-order valence-corrected chi connectivity index (χ0v) is 30.4. The van der Waals surface area contributed by atoms with Crippen LogP contribution in [0.4, 0.5) is 13.2 Å². The molecule has 4 aliphatic rings. The minimum atomic E-state index is -4.60. The van der Waals surface area contributed by atoms with Crippen molar-refractivity contribution in [2.45, 2.75) is 109 Å². The number of thioether (sulfide) groups is 1. The van der Waals surface area contributed by atoms with Gasteiger partial charge in [-0.2, -0.15) is 13.2 Å². The second-order valence-corrected chi connectivity index (χ2v) is 14.1. The van der Waals surface area contributed by atoms with Gasteiger partial charge >= 0.3 is 6.18 Å². The zero-order chi connectivity index (χ0) is 41.6. The summed E-state index contributed by atoms with van der Waals surface area (Å²) in [6, 6.07) is 0.908. The van der Waals surface area contributed by atoms with Crippen LogP contribution in [0.3, 0.4) is 0 Å². The van der Waals surface area contributed by atoms with Crippen LogP contribution in [0.2, 0.25) is 0 Å². The molecule has 4 fully saturated rings. The molecule has 6 rings (SSSR count). The van der Waals surface area contributed by atoms with Crippen LogP contribution in [0.5, 0.6) is 0 Å². The number of azide groups is 4. The third-order valence-electron chi connectivity index (χ3n) is 9.76. The third-order valence-corrected chi connectivity index (χ3v) is 10.7. The number of hydrogen-bond acceptors (Lipinski definition) is 17. The number of alkyl halides is 3. The Kier molecular flexibility index (Phi) is 14.2. The number of nitrogens with zero attached hydrogens (tertiary/aromatic N) is 13. The monoisotopic (exact) mass is 841 g/mol. The molecule has 1 aliphatic carbocycles. The van der Waals surface area contributed by atoms with Crippen LogP contribution in [0.15, 0.2) is 55.8 Å². The molecule has 4 heterocycles. The third kappa shape index (κ3) is 9.38. The van der Waals surface area contributed by atoms with Gasteiger partial charge in [0.25, 0.3) is 0 Å². The highest BCUT2D eigenvalue weighted by atomic mass is 32.2. The first-order valence-electron chi connectivity index (χ1n) is 17.3. The van der Waals surface area contributed by atoms with Gasteiger partial charge in [0.05, 0.1) is 73.3 Å². The van der Waals surface area contributed by atoms with Crippen LogP contribution in [0.1, 0.15) is 12.0 Å². The molecular weight excluding hydrogens is 807 g/mol. The van der Waals surface area contributed by atoms with Crippen LogP contribution in [0.25, 0.3) is 52.7 Å². The molecule has 1 unspecified atom stereocenters. The first-order valence-corrected chi connectivity index (χ1v) is 18.3. The predicted molar refractivity (Wildman–Crippen MR) is 187 cm³/mol. The van der Waals surface area contributed by atoms with E-state index in [0.717, 1.165) is 23.9 Å². The van der Waals surface area contributed by atoms with Crippen LogP contribution in [0, 0.1) is 0 Å². The maximum Gasteiger partial charge on any atom is 0.416 e. The van der Waals surface area contributed by atoms with Gasteiger partial charge in [-0.05, 0) is 52.8 Å². The number of aliphatic hydroxyl groups is 4. The number of benzene rings is 1. The Balaban J connectivity index is 1.16. The molecule has 0 radical (unpaired) electrons. The summed E-state index contributed by atoms with van der Waals surface area (Å²) < 4.78 is 81.9. The lowest BCUT2D eigenvalue weighted by Gasteiger charge is -2.42. The Labute approximate surface area is 327 Å². The number of aromatic nitrogens is 1. The van der Waals surface area contributed by atoms with Gasteiger partial charge in [-0.25, -0.2) is 0 Å². The van der Waals surface area contributed by atoms with E-state index in [-0.39, 0.29) is 17.7 Å². The van der Waals surface area contributed by atoms with E-state index < -0.39 is 123 Å². The first-order chi connectivity index (χ1) is 27.9. The van der Waals surface area contributed by atoms with Crippen molar-refractivity contribution in [1.29, 1.82) is 0 Å². The van der Waals surface area contributed by atoms with Crippen LogP contribution in [-0.2, 0) is 39.3 Å². The van der Waals surface area contributed by atoms with Gasteiger partial charge in [0.15, 0.2) is 18.9 Å². The summed E-state index contributed by atoms with van der Waals surface area (Å²) in [5.41, 5.74) is 35.8. The molecule has 312 valence electrons. The van der Waals surface area contributed by atoms with Crippen LogP contribution >= 0.6 is 11.8 Å². The molecule has 3 aliphatic heterocycles. The molecule has 4 N–H and O–H groups in total. The Hall–Kier alpha value is -4.43. The summed E-state index contributed by atoms with van der Waals surface area (Å²) in [5, 5.41) is 56.9. The van der Waals surface area contributed by atoms with Crippen molar-refractivity contribution in [2.24, 2.45) is 20.5 Å². The van der Waals surface area contributed by atoms with Crippen molar-refractivity contribution in [1.82, 2.24) is 4.98 Å². The van der Waals surface area contributed by atoms with Gasteiger partial charge in [-0.3, -0.25) is 4.98 Å². The highest BCUT2D eigenvalue weighted by Crippen LogP contribution is 2.39. The second-order valence-electron chi connectivity index (χ2n) is 13.1. The highest BCUT2D eigenvalue weighted by molar-refractivity contribution is 7.99. The van der Waals surface area contributed by atoms with Gasteiger partial charge in [0, 0.05) is 36.1 Å². The average Bonchev–Trinajstić information content (AvgIpc) is 3.75. The Morgan fingerprint density at radius 2 is 1.60 bits per heavy atom. The first kappa shape index (κ1) is 43.2. The minimum Gasteiger partial charge on any atom is -0.394 e. The lowest BCUT2D eigenvalue weighted by Crippen LogP contribution is -2.59. The van der Waals surface area contributed by atoms with Crippen molar-refractivity contribution in [3.8, 4) is 0 Å². The SMILES string of the molecule is [N-]=[N+]=NC[C@@H]1O[C@H](O[C@H]2[C@H]3OC(CO[C@@H]4[C@@H](O)[C@H](N=[N+]=[N-])C[C@H](N=[N+]=[N-])[C@H]4OCSc4ccnc5ccc(C(F)(F)F)cc45)O[C@@H]3O[C@@H]2CO)[C@H](N=[N+]=[N-])[C@@H](O)[C@@H]1O. The van der Waals surface area contributed by atoms with Gasteiger partial charge in [-0.1, -0.05) is 32.2 Å². The van der Waals surface area contributed by atoms with Gasteiger partial charge in [-0.15, -0.1) is 0 Å². The van der Waals surface area contributed by atoms with Gasteiger partial charge in [0.1, 0.15) is 36.6 Å². The summed E-state index contributed by atoms with van der Waals surface area (Å²) in [4.78, 5) is 15.4. The Morgan fingerprint density at radius 3 is 2.31 bits per heavy atom. The van der Waals surface area contributed by atoms with Crippen molar-refractivity contribution in [3.63, 3.8) is 0 Å². The number of ether oxygens (including phenoxy) is 7. The molecule has 28 heteroatoms. The Morgan fingerprint density at radius 1 is 0.845 bits per heavy atom. The number of aliphatic hydroxyl groups excluding tert-OH is 4. The smallest absolute Gasteiger partial charge is 0.394 e. The maximum absolute atomic E-state index is 13.5. The summed E-state index contributed by atoms with van der Waals surface area (Å²) in [7, 11) is 0. The molecule has 0 spiro atoms. The maximum atomic E-state index is 13.5. The van der Waals surface area contributed by atoms with E-state index in [0.29, 0.717) is 10.4 Å². The van der Waals surface area contributed by atoms with E-state index in [1.165, 1.54) is 18.3 Å². The molecule has 0 amide bonds. The largest absolute Gasteiger partial charge is 0.416 e.